The maximum Gasteiger partial charge on any atom is 0.271 e. The van der Waals surface area contributed by atoms with Gasteiger partial charge >= 0.3 is 0 Å². The van der Waals surface area contributed by atoms with Crippen molar-refractivity contribution in [3.63, 3.8) is 0 Å². The van der Waals surface area contributed by atoms with Crippen molar-refractivity contribution in [1.82, 2.24) is 9.88 Å². The second-order valence-electron chi connectivity index (χ2n) is 5.85. The molecule has 0 N–H and O–H groups in total. The van der Waals surface area contributed by atoms with E-state index in [0.717, 1.165) is 10.6 Å². The summed E-state index contributed by atoms with van der Waals surface area (Å²) in [5, 5.41) is 10.9. The number of hydrogen-bond acceptors (Lipinski definition) is 6. The molecule has 0 radical (unpaired) electrons. The van der Waals surface area contributed by atoms with E-state index in [9.17, 15) is 14.9 Å². The number of anilines is 1. The van der Waals surface area contributed by atoms with Gasteiger partial charge in [0.1, 0.15) is 0 Å². The first kappa shape index (κ1) is 16.5. The Morgan fingerprint density at radius 3 is 2.96 bits per heavy atom. The van der Waals surface area contributed by atoms with Crippen LogP contribution in [0.2, 0.25) is 0 Å². The van der Waals surface area contributed by atoms with Crippen LogP contribution in [0.5, 0.6) is 0 Å². The van der Waals surface area contributed by atoms with Crippen LogP contribution in [0.3, 0.4) is 0 Å². The Labute approximate surface area is 143 Å². The van der Waals surface area contributed by atoms with Gasteiger partial charge in [-0.2, -0.15) is 0 Å². The molecule has 8 heteroatoms. The van der Waals surface area contributed by atoms with Crippen molar-refractivity contribution in [2.24, 2.45) is 0 Å². The van der Waals surface area contributed by atoms with E-state index in [1.165, 1.54) is 12.1 Å². The van der Waals surface area contributed by atoms with Crippen LogP contribution in [-0.2, 0) is 11.3 Å². The third kappa shape index (κ3) is 3.15. The van der Waals surface area contributed by atoms with Gasteiger partial charge in [0.15, 0.2) is 0 Å². The fourth-order valence-electron chi connectivity index (χ4n) is 2.92. The monoisotopic (exact) mass is 346 g/mol. The molecule has 0 saturated carbocycles. The lowest BCUT2D eigenvalue weighted by atomic mass is 10.2. The molecule has 1 saturated heterocycles. The number of amides is 1. The number of nitro groups is 1. The normalized spacial score (nSPS) is 17.7. The quantitative estimate of drug-likeness (QED) is 0.614. The number of aryl methyl sites for hydroxylation is 1. The minimum Gasteiger partial charge on any atom is -0.311 e. The predicted octanol–water partition coefficient (Wildman–Crippen LogP) is 2.60. The SMILES string of the molecule is Cc1ncsc1CN(C)[C@@H]1CCN(c2cccc([N+](=O)[O-])c2)C1=O. The third-order valence-electron chi connectivity index (χ3n) is 4.30. The molecule has 0 bridgehead atoms. The molecule has 1 aromatic heterocycles. The first-order valence-electron chi connectivity index (χ1n) is 7.62. The van der Waals surface area contributed by atoms with E-state index in [1.807, 2.05) is 24.4 Å². The number of nitrogens with zero attached hydrogens (tertiary/aromatic N) is 4. The molecule has 1 amide bonds. The Morgan fingerprint density at radius 2 is 2.29 bits per heavy atom. The lowest BCUT2D eigenvalue weighted by Crippen LogP contribution is -2.39. The minimum atomic E-state index is -0.444. The van der Waals surface area contributed by atoms with Crippen molar-refractivity contribution >= 4 is 28.6 Å². The molecule has 0 spiro atoms. The van der Waals surface area contributed by atoms with Crippen LogP contribution in [0.1, 0.15) is 17.0 Å². The summed E-state index contributed by atoms with van der Waals surface area (Å²) in [6, 6.07) is 6.01. The summed E-state index contributed by atoms with van der Waals surface area (Å²) in [7, 11) is 1.93. The standard InChI is InChI=1S/C16H18N4O3S/c1-11-15(24-10-17-11)9-18(2)14-6-7-19(16(14)21)12-4-3-5-13(8-12)20(22)23/h3-5,8,10,14H,6-7,9H2,1-2H3/t14-/m1/s1. The number of carbonyl (C=O) groups excluding carboxylic acids is 1. The molecule has 0 unspecified atom stereocenters. The van der Waals surface area contributed by atoms with E-state index in [1.54, 1.807) is 28.4 Å². The zero-order valence-electron chi connectivity index (χ0n) is 13.5. The van der Waals surface area contributed by atoms with Gasteiger partial charge in [0.2, 0.25) is 5.91 Å². The van der Waals surface area contributed by atoms with Crippen molar-refractivity contribution in [2.75, 3.05) is 18.5 Å². The van der Waals surface area contributed by atoms with E-state index in [0.29, 0.717) is 25.2 Å². The molecule has 1 aliphatic heterocycles. The number of carbonyl (C=O) groups is 1. The van der Waals surface area contributed by atoms with Crippen LogP contribution in [-0.4, -0.2) is 40.3 Å². The average Bonchev–Trinajstić information content (AvgIpc) is 3.13. The Morgan fingerprint density at radius 1 is 1.50 bits per heavy atom. The van der Waals surface area contributed by atoms with Crippen LogP contribution in [0.15, 0.2) is 29.8 Å². The van der Waals surface area contributed by atoms with Gasteiger partial charge in [-0.05, 0) is 26.5 Å². The number of benzene rings is 1. The Bertz CT molecular complexity index is 776. The fourth-order valence-corrected chi connectivity index (χ4v) is 3.76. The predicted molar refractivity (Wildman–Crippen MR) is 92.2 cm³/mol. The zero-order chi connectivity index (χ0) is 17.3. The van der Waals surface area contributed by atoms with Crippen LogP contribution in [0, 0.1) is 17.0 Å². The van der Waals surface area contributed by atoms with E-state index in [2.05, 4.69) is 4.98 Å². The summed E-state index contributed by atoms with van der Waals surface area (Å²) in [4.78, 5) is 32.3. The number of rotatable bonds is 5. The topological polar surface area (TPSA) is 79.6 Å². The van der Waals surface area contributed by atoms with Crippen molar-refractivity contribution in [2.45, 2.75) is 25.9 Å². The van der Waals surface area contributed by atoms with Gasteiger partial charge in [0.05, 0.1) is 27.9 Å². The Hall–Kier alpha value is -2.32. The highest BCUT2D eigenvalue weighted by molar-refractivity contribution is 7.09. The second-order valence-corrected chi connectivity index (χ2v) is 6.79. The highest BCUT2D eigenvalue weighted by atomic mass is 32.1. The number of nitro benzene ring substituents is 1. The highest BCUT2D eigenvalue weighted by Gasteiger charge is 2.35. The molecule has 24 heavy (non-hydrogen) atoms. The van der Waals surface area contributed by atoms with Crippen LogP contribution >= 0.6 is 11.3 Å². The maximum absolute atomic E-state index is 12.7. The van der Waals surface area contributed by atoms with Gasteiger partial charge in [-0.15, -0.1) is 11.3 Å². The molecule has 1 aliphatic rings. The minimum absolute atomic E-state index is 0.00242. The van der Waals surface area contributed by atoms with Crippen molar-refractivity contribution in [3.05, 3.63) is 50.5 Å². The summed E-state index contributed by atoms with van der Waals surface area (Å²) in [6.07, 6.45) is 0.704. The maximum atomic E-state index is 12.7. The first-order chi connectivity index (χ1) is 11.5. The van der Waals surface area contributed by atoms with Crippen LogP contribution in [0.25, 0.3) is 0 Å². The molecular formula is C16H18N4O3S. The molecule has 0 aliphatic carbocycles. The molecule has 2 aromatic rings. The zero-order valence-corrected chi connectivity index (χ0v) is 14.3. The summed E-state index contributed by atoms with van der Waals surface area (Å²) >= 11 is 1.59. The summed E-state index contributed by atoms with van der Waals surface area (Å²) in [5.74, 6) is -0.0137. The Kier molecular flexibility index (Phi) is 4.59. The first-order valence-corrected chi connectivity index (χ1v) is 8.50. The Balaban J connectivity index is 1.74. The van der Waals surface area contributed by atoms with Gasteiger partial charge in [-0.25, -0.2) is 4.98 Å². The van der Waals surface area contributed by atoms with Crippen molar-refractivity contribution in [1.29, 1.82) is 0 Å². The summed E-state index contributed by atoms with van der Waals surface area (Å²) in [6.45, 7) is 3.21. The van der Waals surface area contributed by atoms with Crippen molar-refractivity contribution < 1.29 is 9.72 Å². The average molecular weight is 346 g/mol. The molecule has 1 fully saturated rings. The lowest BCUT2D eigenvalue weighted by molar-refractivity contribution is -0.384. The van der Waals surface area contributed by atoms with E-state index in [4.69, 9.17) is 0 Å². The number of thiazole rings is 1. The highest BCUT2D eigenvalue weighted by Crippen LogP contribution is 2.28. The van der Waals surface area contributed by atoms with Gasteiger partial charge in [-0.1, -0.05) is 6.07 Å². The van der Waals surface area contributed by atoms with Gasteiger partial charge in [0, 0.05) is 30.1 Å². The summed E-state index contributed by atoms with van der Waals surface area (Å²) in [5.41, 5.74) is 3.38. The number of likely N-dealkylation sites (N-methyl/N-ethyl adjacent to an activating group) is 1. The largest absolute Gasteiger partial charge is 0.311 e. The van der Waals surface area contributed by atoms with Crippen LogP contribution < -0.4 is 4.90 Å². The molecule has 7 nitrogen and oxygen atoms in total. The third-order valence-corrected chi connectivity index (χ3v) is 5.22. The summed E-state index contributed by atoms with van der Waals surface area (Å²) < 4.78 is 0. The number of hydrogen-bond donors (Lipinski definition) is 0. The molecule has 2 heterocycles. The smallest absolute Gasteiger partial charge is 0.271 e. The molecule has 1 aromatic carbocycles. The van der Waals surface area contributed by atoms with Gasteiger partial charge in [0.25, 0.3) is 5.69 Å². The van der Waals surface area contributed by atoms with E-state index < -0.39 is 4.92 Å². The molecule has 126 valence electrons. The number of aromatic nitrogens is 1. The van der Waals surface area contributed by atoms with Gasteiger partial charge in [-0.3, -0.25) is 19.8 Å². The van der Waals surface area contributed by atoms with E-state index in [-0.39, 0.29) is 17.6 Å². The van der Waals surface area contributed by atoms with Crippen molar-refractivity contribution in [3.8, 4) is 0 Å². The molecular weight excluding hydrogens is 328 g/mol. The number of non-ortho nitro benzene ring substituents is 1. The molecule has 3 rings (SSSR count). The second kappa shape index (κ2) is 6.66. The van der Waals surface area contributed by atoms with E-state index >= 15 is 0 Å². The van der Waals surface area contributed by atoms with Crippen LogP contribution in [0.4, 0.5) is 11.4 Å². The molecule has 1 atom stereocenters. The lowest BCUT2D eigenvalue weighted by Gasteiger charge is -2.23. The van der Waals surface area contributed by atoms with Gasteiger partial charge < -0.3 is 4.90 Å². The fraction of sp³-hybridized carbons (Fsp3) is 0.375.